The van der Waals surface area contributed by atoms with Crippen molar-refractivity contribution in [1.82, 2.24) is 4.90 Å². The number of benzene rings is 1. The Balaban J connectivity index is 2.04. The predicted octanol–water partition coefficient (Wildman–Crippen LogP) is 2.80. The van der Waals surface area contributed by atoms with Crippen LogP contribution in [0.3, 0.4) is 0 Å². The molecule has 130 valence electrons. The van der Waals surface area contributed by atoms with E-state index in [1.807, 2.05) is 26.0 Å². The SMILES string of the molecule is CCN(CC)C(=O)c1ccc(N2CC(CSC(C)=O)CC2=O)cc1. The molecule has 1 fully saturated rings. The lowest BCUT2D eigenvalue weighted by atomic mass is 10.1. The lowest BCUT2D eigenvalue weighted by molar-refractivity contribution is -0.117. The van der Waals surface area contributed by atoms with E-state index in [0.29, 0.717) is 37.4 Å². The fourth-order valence-corrected chi connectivity index (χ4v) is 3.55. The van der Waals surface area contributed by atoms with E-state index >= 15 is 0 Å². The van der Waals surface area contributed by atoms with Crippen LogP contribution in [0.4, 0.5) is 5.69 Å². The van der Waals surface area contributed by atoms with Crippen LogP contribution in [-0.2, 0) is 9.59 Å². The Kier molecular flexibility index (Phi) is 6.43. The molecule has 1 aliphatic heterocycles. The third-order valence-corrected chi connectivity index (χ3v) is 5.25. The third-order valence-electron chi connectivity index (χ3n) is 4.20. The first-order chi connectivity index (χ1) is 11.5. The van der Waals surface area contributed by atoms with Gasteiger partial charge in [0.05, 0.1) is 0 Å². The number of amides is 2. The summed E-state index contributed by atoms with van der Waals surface area (Å²) in [5, 5.41) is 0.0835. The topological polar surface area (TPSA) is 57.7 Å². The standard InChI is InChI=1S/C18H24N2O3S/c1-4-19(5-2)18(23)15-6-8-16(9-7-15)20-11-14(10-17(20)22)12-24-13(3)21/h6-9,14H,4-5,10-12H2,1-3H3. The molecule has 24 heavy (non-hydrogen) atoms. The summed E-state index contributed by atoms with van der Waals surface area (Å²) in [7, 11) is 0. The molecule has 0 saturated carbocycles. The first kappa shape index (κ1) is 18.5. The van der Waals surface area contributed by atoms with Crippen molar-refractivity contribution in [2.45, 2.75) is 27.2 Å². The highest BCUT2D eigenvalue weighted by Gasteiger charge is 2.30. The van der Waals surface area contributed by atoms with Gasteiger partial charge in [-0.05, 0) is 44.0 Å². The third kappa shape index (κ3) is 4.38. The number of anilines is 1. The normalized spacial score (nSPS) is 17.2. The zero-order valence-electron chi connectivity index (χ0n) is 14.4. The molecular formula is C18H24N2O3S. The van der Waals surface area contributed by atoms with Crippen molar-refractivity contribution >= 4 is 34.4 Å². The maximum Gasteiger partial charge on any atom is 0.253 e. The molecule has 1 saturated heterocycles. The quantitative estimate of drug-likeness (QED) is 0.793. The number of rotatable bonds is 6. The summed E-state index contributed by atoms with van der Waals surface area (Å²) in [6.45, 7) is 7.44. The molecule has 6 heteroatoms. The number of thioether (sulfide) groups is 1. The Morgan fingerprint density at radius 2 is 1.83 bits per heavy atom. The maximum atomic E-state index is 12.3. The fourth-order valence-electron chi connectivity index (χ4n) is 2.86. The molecule has 1 aromatic carbocycles. The number of carbonyl (C=O) groups is 3. The fraction of sp³-hybridized carbons (Fsp3) is 0.500. The van der Waals surface area contributed by atoms with Crippen LogP contribution in [0.15, 0.2) is 24.3 Å². The van der Waals surface area contributed by atoms with Gasteiger partial charge in [-0.2, -0.15) is 0 Å². The first-order valence-corrected chi connectivity index (χ1v) is 9.27. The molecule has 5 nitrogen and oxygen atoms in total. The summed E-state index contributed by atoms with van der Waals surface area (Å²) < 4.78 is 0. The van der Waals surface area contributed by atoms with E-state index in [9.17, 15) is 14.4 Å². The summed E-state index contributed by atoms with van der Waals surface area (Å²) in [5.41, 5.74) is 1.45. The molecule has 0 aromatic heterocycles. The molecule has 1 atom stereocenters. The van der Waals surface area contributed by atoms with Crippen LogP contribution in [0.1, 0.15) is 37.6 Å². The zero-order valence-corrected chi connectivity index (χ0v) is 15.3. The molecular weight excluding hydrogens is 324 g/mol. The largest absolute Gasteiger partial charge is 0.339 e. The Morgan fingerprint density at radius 3 is 2.38 bits per heavy atom. The van der Waals surface area contributed by atoms with Gasteiger partial charge in [0, 0.05) is 50.0 Å². The van der Waals surface area contributed by atoms with E-state index in [-0.39, 0.29) is 22.8 Å². The molecule has 2 rings (SSSR count). The van der Waals surface area contributed by atoms with E-state index in [0.717, 1.165) is 5.69 Å². The van der Waals surface area contributed by atoms with Crippen molar-refractivity contribution in [3.8, 4) is 0 Å². The Labute approximate surface area is 147 Å². The maximum absolute atomic E-state index is 12.3. The molecule has 0 spiro atoms. The summed E-state index contributed by atoms with van der Waals surface area (Å²) >= 11 is 1.27. The van der Waals surface area contributed by atoms with Crippen molar-refractivity contribution in [3.63, 3.8) is 0 Å². The van der Waals surface area contributed by atoms with Gasteiger partial charge in [0.15, 0.2) is 5.12 Å². The summed E-state index contributed by atoms with van der Waals surface area (Å²) in [4.78, 5) is 39.1. The van der Waals surface area contributed by atoms with E-state index in [4.69, 9.17) is 0 Å². The second-order valence-electron chi connectivity index (χ2n) is 5.90. The second-order valence-corrected chi connectivity index (χ2v) is 7.10. The Morgan fingerprint density at radius 1 is 1.21 bits per heavy atom. The summed E-state index contributed by atoms with van der Waals surface area (Å²) in [6, 6.07) is 7.21. The zero-order chi connectivity index (χ0) is 17.7. The summed E-state index contributed by atoms with van der Waals surface area (Å²) in [6.07, 6.45) is 0.473. The van der Waals surface area contributed by atoms with Crippen LogP contribution in [0.2, 0.25) is 0 Å². The number of carbonyl (C=O) groups excluding carboxylic acids is 3. The van der Waals surface area contributed by atoms with Crippen molar-refractivity contribution < 1.29 is 14.4 Å². The lowest BCUT2D eigenvalue weighted by Gasteiger charge is -2.20. The Bertz CT molecular complexity index is 611. The predicted molar refractivity (Wildman–Crippen MR) is 97.3 cm³/mol. The van der Waals surface area contributed by atoms with Gasteiger partial charge < -0.3 is 9.80 Å². The van der Waals surface area contributed by atoms with Gasteiger partial charge in [-0.3, -0.25) is 14.4 Å². The van der Waals surface area contributed by atoms with Gasteiger partial charge in [-0.25, -0.2) is 0 Å². The highest BCUT2D eigenvalue weighted by molar-refractivity contribution is 8.13. The highest BCUT2D eigenvalue weighted by Crippen LogP contribution is 2.27. The van der Waals surface area contributed by atoms with Crippen LogP contribution >= 0.6 is 11.8 Å². The minimum atomic E-state index is 0.00929. The van der Waals surface area contributed by atoms with Gasteiger partial charge in [0.2, 0.25) is 5.91 Å². The van der Waals surface area contributed by atoms with E-state index < -0.39 is 0 Å². The Hall–Kier alpha value is -1.82. The van der Waals surface area contributed by atoms with Gasteiger partial charge in [-0.15, -0.1) is 0 Å². The molecule has 1 heterocycles. The first-order valence-electron chi connectivity index (χ1n) is 8.29. The van der Waals surface area contributed by atoms with E-state index in [2.05, 4.69) is 0 Å². The van der Waals surface area contributed by atoms with Crippen LogP contribution in [-0.4, -0.2) is 47.2 Å². The van der Waals surface area contributed by atoms with Crippen molar-refractivity contribution in [1.29, 1.82) is 0 Å². The molecule has 1 aromatic rings. The average molecular weight is 348 g/mol. The van der Waals surface area contributed by atoms with Gasteiger partial charge >= 0.3 is 0 Å². The molecule has 1 aliphatic rings. The number of hydrogen-bond acceptors (Lipinski definition) is 4. The molecule has 0 aliphatic carbocycles. The monoisotopic (exact) mass is 348 g/mol. The summed E-state index contributed by atoms with van der Waals surface area (Å²) in [5.74, 6) is 0.959. The number of hydrogen-bond donors (Lipinski definition) is 0. The van der Waals surface area contributed by atoms with Crippen LogP contribution in [0.25, 0.3) is 0 Å². The van der Waals surface area contributed by atoms with Crippen molar-refractivity contribution in [2.75, 3.05) is 30.3 Å². The molecule has 0 bridgehead atoms. The van der Waals surface area contributed by atoms with Gasteiger partial charge in [0.1, 0.15) is 0 Å². The van der Waals surface area contributed by atoms with Crippen molar-refractivity contribution in [2.24, 2.45) is 5.92 Å². The number of nitrogens with zero attached hydrogens (tertiary/aromatic N) is 2. The molecule has 0 radical (unpaired) electrons. The van der Waals surface area contributed by atoms with Crippen molar-refractivity contribution in [3.05, 3.63) is 29.8 Å². The minimum Gasteiger partial charge on any atom is -0.339 e. The lowest BCUT2D eigenvalue weighted by Crippen LogP contribution is -2.30. The van der Waals surface area contributed by atoms with Gasteiger partial charge in [-0.1, -0.05) is 11.8 Å². The van der Waals surface area contributed by atoms with Crippen LogP contribution < -0.4 is 4.90 Å². The van der Waals surface area contributed by atoms with Crippen LogP contribution in [0, 0.1) is 5.92 Å². The average Bonchev–Trinajstić information content (AvgIpc) is 2.95. The molecule has 1 unspecified atom stereocenters. The minimum absolute atomic E-state index is 0.00929. The van der Waals surface area contributed by atoms with E-state index in [1.54, 1.807) is 28.9 Å². The molecule has 0 N–H and O–H groups in total. The van der Waals surface area contributed by atoms with E-state index in [1.165, 1.54) is 11.8 Å². The highest BCUT2D eigenvalue weighted by atomic mass is 32.2. The smallest absolute Gasteiger partial charge is 0.253 e. The van der Waals surface area contributed by atoms with Gasteiger partial charge in [0.25, 0.3) is 5.91 Å². The van der Waals surface area contributed by atoms with Crippen LogP contribution in [0.5, 0.6) is 0 Å². The molecule has 2 amide bonds. The second kappa shape index (κ2) is 8.33.